The Hall–Kier alpha value is -2.93. The van der Waals surface area contributed by atoms with Crippen LogP contribution in [0.5, 0.6) is 5.75 Å². The standard InChI is InChI=1S/C15H13N3O3S/c19-13-6-4-10(5-7-13)9-16-18-15(22)17-12-3-1-2-11(8-12)14(20)21/h1-9,19H,(H,20,21)(H2,17,18,22)/b16-9+. The maximum atomic E-state index is 10.9. The van der Waals surface area contributed by atoms with Gasteiger partial charge in [0.1, 0.15) is 5.75 Å². The lowest BCUT2D eigenvalue weighted by atomic mass is 10.2. The lowest BCUT2D eigenvalue weighted by molar-refractivity contribution is 0.0697. The van der Waals surface area contributed by atoms with Crippen molar-refractivity contribution in [2.24, 2.45) is 5.10 Å². The maximum absolute atomic E-state index is 10.9. The summed E-state index contributed by atoms with van der Waals surface area (Å²) < 4.78 is 0. The van der Waals surface area contributed by atoms with Gasteiger partial charge in [-0.15, -0.1) is 0 Å². The first-order chi connectivity index (χ1) is 10.5. The van der Waals surface area contributed by atoms with Gasteiger partial charge in [-0.25, -0.2) is 4.79 Å². The Morgan fingerprint density at radius 3 is 2.59 bits per heavy atom. The molecule has 0 aliphatic heterocycles. The summed E-state index contributed by atoms with van der Waals surface area (Å²) in [4.78, 5) is 10.9. The molecule has 4 N–H and O–H groups in total. The number of hydrazone groups is 1. The van der Waals surface area contributed by atoms with Crippen molar-refractivity contribution in [3.63, 3.8) is 0 Å². The summed E-state index contributed by atoms with van der Waals surface area (Å²) in [5, 5.41) is 25.1. The number of benzene rings is 2. The van der Waals surface area contributed by atoms with E-state index in [1.165, 1.54) is 12.1 Å². The summed E-state index contributed by atoms with van der Waals surface area (Å²) in [6.07, 6.45) is 1.54. The van der Waals surface area contributed by atoms with E-state index >= 15 is 0 Å². The molecular formula is C15H13N3O3S. The summed E-state index contributed by atoms with van der Waals surface area (Å²) in [6, 6.07) is 12.8. The molecule has 0 aliphatic rings. The normalized spacial score (nSPS) is 10.4. The van der Waals surface area contributed by atoms with Gasteiger partial charge in [0.15, 0.2) is 5.11 Å². The van der Waals surface area contributed by atoms with Crippen molar-refractivity contribution in [2.45, 2.75) is 0 Å². The molecular weight excluding hydrogens is 302 g/mol. The predicted octanol–water partition coefficient (Wildman–Crippen LogP) is 2.41. The summed E-state index contributed by atoms with van der Waals surface area (Å²) in [6.45, 7) is 0. The Morgan fingerprint density at radius 2 is 1.91 bits per heavy atom. The molecule has 0 radical (unpaired) electrons. The number of carboxylic acid groups (broad SMARTS) is 1. The average molecular weight is 315 g/mol. The minimum atomic E-state index is -1.01. The minimum absolute atomic E-state index is 0.167. The number of carboxylic acids is 1. The van der Waals surface area contributed by atoms with E-state index in [4.69, 9.17) is 22.4 Å². The molecule has 6 nitrogen and oxygen atoms in total. The Balaban J connectivity index is 1.91. The van der Waals surface area contributed by atoms with Gasteiger partial charge < -0.3 is 15.5 Å². The van der Waals surface area contributed by atoms with Gasteiger partial charge in [-0.05, 0) is 60.2 Å². The molecule has 0 atom stereocenters. The van der Waals surface area contributed by atoms with Crippen molar-refractivity contribution in [1.82, 2.24) is 5.43 Å². The highest BCUT2D eigenvalue weighted by molar-refractivity contribution is 7.80. The second-order valence-corrected chi connectivity index (χ2v) is 4.71. The largest absolute Gasteiger partial charge is 0.508 e. The number of aromatic hydroxyl groups is 1. The van der Waals surface area contributed by atoms with Crippen molar-refractivity contribution < 1.29 is 15.0 Å². The SMILES string of the molecule is O=C(O)c1cccc(NC(=S)N/N=C/c2ccc(O)cc2)c1. The Morgan fingerprint density at radius 1 is 1.18 bits per heavy atom. The molecule has 2 rings (SSSR count). The van der Waals surface area contributed by atoms with E-state index in [-0.39, 0.29) is 16.4 Å². The van der Waals surface area contributed by atoms with Crippen LogP contribution in [-0.2, 0) is 0 Å². The topological polar surface area (TPSA) is 94.0 Å². The summed E-state index contributed by atoms with van der Waals surface area (Å²) in [5.74, 6) is -0.825. The monoisotopic (exact) mass is 315 g/mol. The van der Waals surface area contributed by atoms with Crippen molar-refractivity contribution >= 4 is 35.2 Å². The van der Waals surface area contributed by atoms with Gasteiger partial charge in [-0.2, -0.15) is 5.10 Å². The Labute approximate surface area is 132 Å². The number of nitrogens with zero attached hydrogens (tertiary/aromatic N) is 1. The van der Waals surface area contributed by atoms with Crippen LogP contribution in [0.3, 0.4) is 0 Å². The number of anilines is 1. The fraction of sp³-hybridized carbons (Fsp3) is 0. The number of hydrogen-bond donors (Lipinski definition) is 4. The van der Waals surface area contributed by atoms with Crippen LogP contribution in [0.2, 0.25) is 0 Å². The zero-order valence-electron chi connectivity index (χ0n) is 11.4. The molecule has 0 spiro atoms. The van der Waals surface area contributed by atoms with Gasteiger partial charge in [0.05, 0.1) is 11.8 Å². The lowest BCUT2D eigenvalue weighted by Gasteiger charge is -2.07. The highest BCUT2D eigenvalue weighted by Gasteiger charge is 2.03. The van der Waals surface area contributed by atoms with Crippen LogP contribution in [0.1, 0.15) is 15.9 Å². The summed E-state index contributed by atoms with van der Waals surface area (Å²) >= 11 is 5.06. The number of nitrogens with one attached hydrogen (secondary N) is 2. The third kappa shape index (κ3) is 4.57. The lowest BCUT2D eigenvalue weighted by Crippen LogP contribution is -2.23. The van der Waals surface area contributed by atoms with Crippen LogP contribution < -0.4 is 10.7 Å². The number of aromatic carboxylic acids is 1. The molecule has 0 saturated heterocycles. The first-order valence-electron chi connectivity index (χ1n) is 6.27. The molecule has 112 valence electrons. The van der Waals surface area contributed by atoms with E-state index in [0.29, 0.717) is 5.69 Å². The van der Waals surface area contributed by atoms with Crippen LogP contribution in [0.15, 0.2) is 53.6 Å². The van der Waals surface area contributed by atoms with Gasteiger partial charge in [-0.3, -0.25) is 5.43 Å². The third-order valence-electron chi connectivity index (χ3n) is 2.64. The molecule has 0 aromatic heterocycles. The van der Waals surface area contributed by atoms with Gasteiger partial charge in [0.25, 0.3) is 0 Å². The molecule has 0 saturated carbocycles. The van der Waals surface area contributed by atoms with Crippen molar-refractivity contribution in [1.29, 1.82) is 0 Å². The molecule has 0 fully saturated rings. The molecule has 0 aliphatic carbocycles. The molecule has 0 bridgehead atoms. The number of carbonyl (C=O) groups is 1. The molecule has 0 heterocycles. The molecule has 0 amide bonds. The molecule has 22 heavy (non-hydrogen) atoms. The third-order valence-corrected chi connectivity index (χ3v) is 2.83. The number of rotatable bonds is 4. The van der Waals surface area contributed by atoms with Crippen molar-refractivity contribution in [3.05, 3.63) is 59.7 Å². The second kappa shape index (κ2) is 7.19. The van der Waals surface area contributed by atoms with Gasteiger partial charge in [0, 0.05) is 5.69 Å². The Bertz CT molecular complexity index is 714. The fourth-order valence-electron chi connectivity index (χ4n) is 1.61. The number of hydrogen-bond acceptors (Lipinski definition) is 4. The first kappa shape index (κ1) is 15.5. The Kier molecular flexibility index (Phi) is 5.05. The molecule has 0 unspecified atom stereocenters. The van der Waals surface area contributed by atoms with Gasteiger partial charge in [-0.1, -0.05) is 6.07 Å². The van der Waals surface area contributed by atoms with E-state index < -0.39 is 5.97 Å². The summed E-state index contributed by atoms with van der Waals surface area (Å²) in [5.41, 5.74) is 4.14. The van der Waals surface area contributed by atoms with E-state index in [1.54, 1.807) is 42.6 Å². The fourth-order valence-corrected chi connectivity index (χ4v) is 1.79. The second-order valence-electron chi connectivity index (χ2n) is 4.30. The molecule has 2 aromatic carbocycles. The zero-order chi connectivity index (χ0) is 15.9. The maximum Gasteiger partial charge on any atom is 0.335 e. The quantitative estimate of drug-likeness (QED) is 0.393. The minimum Gasteiger partial charge on any atom is -0.508 e. The predicted molar refractivity (Wildman–Crippen MR) is 88.5 cm³/mol. The molecule has 7 heteroatoms. The smallest absolute Gasteiger partial charge is 0.335 e. The van der Waals surface area contributed by atoms with Gasteiger partial charge >= 0.3 is 5.97 Å². The van der Waals surface area contributed by atoms with Crippen LogP contribution >= 0.6 is 12.2 Å². The van der Waals surface area contributed by atoms with Crippen molar-refractivity contribution in [3.8, 4) is 5.75 Å². The number of thiocarbonyl (C=S) groups is 1. The highest BCUT2D eigenvalue weighted by atomic mass is 32.1. The van der Waals surface area contributed by atoms with E-state index in [2.05, 4.69) is 15.8 Å². The van der Waals surface area contributed by atoms with Crippen molar-refractivity contribution in [2.75, 3.05) is 5.32 Å². The van der Waals surface area contributed by atoms with Crippen LogP contribution in [0.4, 0.5) is 5.69 Å². The summed E-state index contributed by atoms with van der Waals surface area (Å²) in [7, 11) is 0. The number of phenols is 1. The van der Waals surface area contributed by atoms with Crippen LogP contribution in [0, 0.1) is 0 Å². The zero-order valence-corrected chi connectivity index (χ0v) is 12.2. The van der Waals surface area contributed by atoms with Crippen LogP contribution in [0.25, 0.3) is 0 Å². The number of phenolic OH excluding ortho intramolecular Hbond substituents is 1. The van der Waals surface area contributed by atoms with Gasteiger partial charge in [0.2, 0.25) is 0 Å². The average Bonchev–Trinajstić information content (AvgIpc) is 2.49. The first-order valence-corrected chi connectivity index (χ1v) is 6.68. The van der Waals surface area contributed by atoms with E-state index in [1.807, 2.05) is 0 Å². The van der Waals surface area contributed by atoms with Crippen LogP contribution in [-0.4, -0.2) is 27.5 Å². The highest BCUT2D eigenvalue weighted by Crippen LogP contribution is 2.10. The van der Waals surface area contributed by atoms with E-state index in [0.717, 1.165) is 5.56 Å². The molecule has 2 aromatic rings. The van der Waals surface area contributed by atoms with E-state index in [9.17, 15) is 4.79 Å².